The van der Waals surface area contributed by atoms with E-state index in [1.807, 2.05) is 25.1 Å². The van der Waals surface area contributed by atoms with Gasteiger partial charge in [-0.05, 0) is 31.5 Å². The van der Waals surface area contributed by atoms with Crippen LogP contribution in [0.2, 0.25) is 10.0 Å². The lowest BCUT2D eigenvalue weighted by molar-refractivity contribution is 0.567. The lowest BCUT2D eigenvalue weighted by atomic mass is 10.1. The van der Waals surface area contributed by atoms with Crippen molar-refractivity contribution in [1.29, 1.82) is 0 Å². The Kier molecular flexibility index (Phi) is 4.27. The quantitative estimate of drug-likeness (QED) is 0.894. The van der Waals surface area contributed by atoms with Gasteiger partial charge in [-0.25, -0.2) is 4.98 Å². The number of rotatable bonds is 4. The molecule has 0 radical (unpaired) electrons. The second-order valence-corrected chi connectivity index (χ2v) is 5.06. The maximum absolute atomic E-state index is 6.01. The number of nitrogens with zero attached hydrogens (tertiary/aromatic N) is 1. The number of halogens is 2. The molecule has 0 bridgehead atoms. The molecule has 3 nitrogen and oxygen atoms in total. The first-order chi connectivity index (χ1) is 8.58. The fraction of sp³-hybridized carbons (Fsp3) is 0.308. The average molecular weight is 284 g/mol. The zero-order valence-electron chi connectivity index (χ0n) is 10.3. The van der Waals surface area contributed by atoms with Gasteiger partial charge in [0.25, 0.3) is 0 Å². The first-order valence-electron chi connectivity index (χ1n) is 5.75. The van der Waals surface area contributed by atoms with Crippen LogP contribution in [0.4, 0.5) is 0 Å². The molecule has 1 aromatic carbocycles. The van der Waals surface area contributed by atoms with Crippen LogP contribution in [0.1, 0.15) is 29.9 Å². The van der Waals surface area contributed by atoms with E-state index in [1.54, 1.807) is 6.33 Å². The van der Waals surface area contributed by atoms with E-state index in [9.17, 15) is 0 Å². The Morgan fingerprint density at radius 1 is 1.33 bits per heavy atom. The van der Waals surface area contributed by atoms with E-state index in [1.165, 1.54) is 0 Å². The van der Waals surface area contributed by atoms with Crippen LogP contribution >= 0.6 is 23.2 Å². The van der Waals surface area contributed by atoms with E-state index in [0.29, 0.717) is 10.0 Å². The van der Waals surface area contributed by atoms with Gasteiger partial charge in [-0.3, -0.25) is 0 Å². The Labute approximate surface area is 117 Å². The Hall–Kier alpha value is -1.03. The van der Waals surface area contributed by atoms with Crippen molar-refractivity contribution in [3.63, 3.8) is 0 Å². The van der Waals surface area contributed by atoms with Crippen LogP contribution in [0.3, 0.4) is 0 Å². The number of aromatic amines is 1. The van der Waals surface area contributed by atoms with Crippen LogP contribution in [0.15, 0.2) is 24.5 Å². The summed E-state index contributed by atoms with van der Waals surface area (Å²) in [6.45, 7) is 4.81. The summed E-state index contributed by atoms with van der Waals surface area (Å²) in [6, 6.07) is 5.87. The third-order valence-corrected chi connectivity index (χ3v) is 3.69. The minimum atomic E-state index is 0.191. The molecule has 0 saturated heterocycles. The maximum atomic E-state index is 6.01. The highest BCUT2D eigenvalue weighted by molar-refractivity contribution is 6.42. The molecule has 1 unspecified atom stereocenters. The molecular formula is C13H15Cl2N3. The molecule has 0 saturated carbocycles. The number of H-pyrrole nitrogens is 1. The molecule has 2 aromatic rings. The van der Waals surface area contributed by atoms with E-state index in [2.05, 4.69) is 22.2 Å². The van der Waals surface area contributed by atoms with Crippen molar-refractivity contribution in [3.05, 3.63) is 51.5 Å². The predicted octanol–water partition coefficient (Wildman–Crippen LogP) is 3.88. The van der Waals surface area contributed by atoms with Gasteiger partial charge in [0, 0.05) is 18.3 Å². The summed E-state index contributed by atoms with van der Waals surface area (Å²) < 4.78 is 0. The van der Waals surface area contributed by atoms with E-state index >= 15 is 0 Å². The molecule has 0 spiro atoms. The van der Waals surface area contributed by atoms with Gasteiger partial charge in [-0.1, -0.05) is 29.3 Å². The molecule has 1 aromatic heterocycles. The monoisotopic (exact) mass is 283 g/mol. The zero-order chi connectivity index (χ0) is 13.1. The molecule has 1 atom stereocenters. The fourth-order valence-electron chi connectivity index (χ4n) is 1.71. The van der Waals surface area contributed by atoms with Crippen molar-refractivity contribution < 1.29 is 0 Å². The summed E-state index contributed by atoms with van der Waals surface area (Å²) in [5.41, 5.74) is 3.23. The molecule has 1 heterocycles. The van der Waals surface area contributed by atoms with Gasteiger partial charge in [0.1, 0.15) is 0 Å². The van der Waals surface area contributed by atoms with Crippen molar-refractivity contribution >= 4 is 23.2 Å². The van der Waals surface area contributed by atoms with Crippen molar-refractivity contribution in [2.75, 3.05) is 0 Å². The third kappa shape index (κ3) is 3.05. The smallest absolute Gasteiger partial charge is 0.0925 e. The number of nitrogens with one attached hydrogen (secondary N) is 2. The summed E-state index contributed by atoms with van der Waals surface area (Å²) in [6.07, 6.45) is 1.70. The lowest BCUT2D eigenvalue weighted by Crippen LogP contribution is -2.18. The van der Waals surface area contributed by atoms with Crippen molar-refractivity contribution in [2.45, 2.75) is 26.4 Å². The van der Waals surface area contributed by atoms with Gasteiger partial charge in [-0.15, -0.1) is 0 Å². The number of imidazole rings is 1. The highest BCUT2D eigenvalue weighted by Crippen LogP contribution is 2.25. The fourth-order valence-corrected chi connectivity index (χ4v) is 2.02. The number of hydrogen-bond donors (Lipinski definition) is 2. The van der Waals surface area contributed by atoms with Gasteiger partial charge < -0.3 is 10.3 Å². The molecule has 0 aliphatic rings. The van der Waals surface area contributed by atoms with Crippen LogP contribution in [-0.4, -0.2) is 9.97 Å². The Balaban J connectivity index is 2.01. The third-order valence-electron chi connectivity index (χ3n) is 2.95. The molecule has 2 rings (SSSR count). The molecule has 0 aliphatic carbocycles. The Bertz CT molecular complexity index is 537. The number of aryl methyl sites for hydroxylation is 1. The minimum absolute atomic E-state index is 0.191. The molecule has 0 fully saturated rings. The van der Waals surface area contributed by atoms with Crippen LogP contribution in [-0.2, 0) is 6.54 Å². The predicted molar refractivity (Wildman–Crippen MR) is 75.0 cm³/mol. The molecule has 5 heteroatoms. The van der Waals surface area contributed by atoms with Gasteiger partial charge >= 0.3 is 0 Å². The lowest BCUT2D eigenvalue weighted by Gasteiger charge is -2.14. The average Bonchev–Trinajstić information content (AvgIpc) is 2.75. The van der Waals surface area contributed by atoms with E-state index in [4.69, 9.17) is 23.2 Å². The number of hydrogen-bond acceptors (Lipinski definition) is 2. The second-order valence-electron chi connectivity index (χ2n) is 4.25. The van der Waals surface area contributed by atoms with Crippen molar-refractivity contribution in [1.82, 2.24) is 15.3 Å². The molecule has 96 valence electrons. The van der Waals surface area contributed by atoms with E-state index in [0.717, 1.165) is 23.5 Å². The van der Waals surface area contributed by atoms with Crippen LogP contribution in [0, 0.1) is 6.92 Å². The highest BCUT2D eigenvalue weighted by atomic mass is 35.5. The SMILES string of the molecule is Cc1[nH]cnc1CNC(C)c1ccc(Cl)c(Cl)c1. The summed E-state index contributed by atoms with van der Waals surface area (Å²) in [4.78, 5) is 7.31. The molecule has 0 aliphatic heterocycles. The van der Waals surface area contributed by atoms with Crippen LogP contribution in [0.25, 0.3) is 0 Å². The summed E-state index contributed by atoms with van der Waals surface area (Å²) in [5, 5.41) is 4.57. The zero-order valence-corrected chi connectivity index (χ0v) is 11.8. The Morgan fingerprint density at radius 3 is 2.72 bits per heavy atom. The van der Waals surface area contributed by atoms with Gasteiger partial charge in [0.2, 0.25) is 0 Å². The van der Waals surface area contributed by atoms with Gasteiger partial charge in [0.15, 0.2) is 0 Å². The largest absolute Gasteiger partial charge is 0.348 e. The van der Waals surface area contributed by atoms with E-state index < -0.39 is 0 Å². The van der Waals surface area contributed by atoms with Gasteiger partial charge in [0.05, 0.1) is 22.1 Å². The second kappa shape index (κ2) is 5.74. The number of aromatic nitrogens is 2. The first kappa shape index (κ1) is 13.4. The molecule has 0 amide bonds. The normalized spacial score (nSPS) is 12.7. The van der Waals surface area contributed by atoms with E-state index in [-0.39, 0.29) is 6.04 Å². The van der Waals surface area contributed by atoms with Crippen LogP contribution < -0.4 is 5.32 Å². The number of benzene rings is 1. The molecular weight excluding hydrogens is 269 g/mol. The Morgan fingerprint density at radius 2 is 2.11 bits per heavy atom. The maximum Gasteiger partial charge on any atom is 0.0925 e. The first-order valence-corrected chi connectivity index (χ1v) is 6.50. The highest BCUT2D eigenvalue weighted by Gasteiger charge is 2.08. The summed E-state index contributed by atoms with van der Waals surface area (Å²) in [5.74, 6) is 0. The van der Waals surface area contributed by atoms with Crippen molar-refractivity contribution in [3.8, 4) is 0 Å². The van der Waals surface area contributed by atoms with Gasteiger partial charge in [-0.2, -0.15) is 0 Å². The molecule has 18 heavy (non-hydrogen) atoms. The standard InChI is InChI=1S/C13H15Cl2N3/c1-8(10-3-4-11(14)12(15)5-10)16-6-13-9(2)17-7-18-13/h3-5,7-8,16H,6H2,1-2H3,(H,17,18). The summed E-state index contributed by atoms with van der Waals surface area (Å²) in [7, 11) is 0. The van der Waals surface area contributed by atoms with Crippen LogP contribution in [0.5, 0.6) is 0 Å². The topological polar surface area (TPSA) is 40.7 Å². The summed E-state index contributed by atoms with van der Waals surface area (Å²) >= 11 is 11.9. The minimum Gasteiger partial charge on any atom is -0.348 e. The van der Waals surface area contributed by atoms with Crippen molar-refractivity contribution in [2.24, 2.45) is 0 Å². The molecule has 2 N–H and O–H groups in total.